The molecule has 2 unspecified atom stereocenters. The first kappa shape index (κ1) is 22.4. The zero-order chi connectivity index (χ0) is 25.0. The van der Waals surface area contributed by atoms with E-state index in [9.17, 15) is 24.0 Å². The van der Waals surface area contributed by atoms with E-state index in [4.69, 9.17) is 0 Å². The van der Waals surface area contributed by atoms with E-state index in [1.807, 2.05) is 0 Å². The van der Waals surface area contributed by atoms with Crippen LogP contribution in [0.25, 0.3) is 5.69 Å². The Morgan fingerprint density at radius 2 is 1.92 bits per heavy atom. The van der Waals surface area contributed by atoms with Gasteiger partial charge in [0.1, 0.15) is 12.1 Å². The Balaban J connectivity index is 1.18. The standard InChI is InChI=1S/C24H25N7O5/c32-20-8-7-19(22(34)26-20)30-11-13-3-6-15(10-16(13)23(30)35)31-12-17(27-28-31)24(36)29-9-1-2-18(29)21(33)25-14-4-5-14/h3,6,10,12,14,18-19H,1-2,4-5,7-9,11H2,(H,25,33)(H,26,32,34). The number of hydrogen-bond acceptors (Lipinski definition) is 7. The predicted octanol–water partition coefficient (Wildman–Crippen LogP) is -0.0885. The first-order chi connectivity index (χ1) is 17.4. The van der Waals surface area contributed by atoms with Crippen LogP contribution in [0.3, 0.4) is 0 Å². The summed E-state index contributed by atoms with van der Waals surface area (Å²) in [6.07, 6.45) is 5.31. The van der Waals surface area contributed by atoms with Gasteiger partial charge in [0.25, 0.3) is 11.8 Å². The lowest BCUT2D eigenvalue weighted by atomic mass is 10.0. The maximum Gasteiger partial charge on any atom is 0.276 e. The highest BCUT2D eigenvalue weighted by molar-refractivity contribution is 6.05. The lowest BCUT2D eigenvalue weighted by Gasteiger charge is -2.29. The van der Waals surface area contributed by atoms with Crippen LogP contribution in [-0.4, -0.2) is 79.0 Å². The van der Waals surface area contributed by atoms with E-state index < -0.39 is 18.0 Å². The molecule has 12 nitrogen and oxygen atoms in total. The van der Waals surface area contributed by atoms with Crippen LogP contribution < -0.4 is 10.6 Å². The van der Waals surface area contributed by atoms with E-state index in [0.29, 0.717) is 30.6 Å². The maximum absolute atomic E-state index is 13.1. The smallest absolute Gasteiger partial charge is 0.276 e. The summed E-state index contributed by atoms with van der Waals surface area (Å²) in [7, 11) is 0. The van der Waals surface area contributed by atoms with E-state index in [1.54, 1.807) is 23.1 Å². The summed E-state index contributed by atoms with van der Waals surface area (Å²) in [5, 5.41) is 13.4. The molecule has 1 aromatic heterocycles. The van der Waals surface area contributed by atoms with Gasteiger partial charge in [0.05, 0.1) is 11.9 Å². The molecular weight excluding hydrogens is 466 g/mol. The second-order valence-corrected chi connectivity index (χ2v) is 9.73. The van der Waals surface area contributed by atoms with E-state index in [1.165, 1.54) is 15.8 Å². The van der Waals surface area contributed by atoms with E-state index >= 15 is 0 Å². The number of piperidine rings is 1. The number of benzene rings is 1. The van der Waals surface area contributed by atoms with Gasteiger partial charge in [-0.1, -0.05) is 11.3 Å². The molecule has 36 heavy (non-hydrogen) atoms. The van der Waals surface area contributed by atoms with Crippen LogP contribution in [0.5, 0.6) is 0 Å². The highest BCUT2D eigenvalue weighted by atomic mass is 16.2. The number of imide groups is 1. The van der Waals surface area contributed by atoms with E-state index in [0.717, 1.165) is 24.8 Å². The highest BCUT2D eigenvalue weighted by Gasteiger charge is 2.40. The Hall–Kier alpha value is -4.09. The minimum Gasteiger partial charge on any atom is -0.352 e. The largest absolute Gasteiger partial charge is 0.352 e. The molecule has 2 saturated heterocycles. The van der Waals surface area contributed by atoms with Crippen LogP contribution in [0.2, 0.25) is 0 Å². The molecule has 186 valence electrons. The van der Waals surface area contributed by atoms with Crippen LogP contribution in [0.4, 0.5) is 0 Å². The maximum atomic E-state index is 13.1. The first-order valence-corrected chi connectivity index (χ1v) is 12.2. The third kappa shape index (κ3) is 3.91. The van der Waals surface area contributed by atoms with Crippen LogP contribution >= 0.6 is 0 Å². The lowest BCUT2D eigenvalue weighted by molar-refractivity contribution is -0.137. The molecule has 1 saturated carbocycles. The van der Waals surface area contributed by atoms with Crippen LogP contribution in [0.15, 0.2) is 24.4 Å². The first-order valence-electron chi connectivity index (χ1n) is 12.2. The minimum absolute atomic E-state index is 0.117. The number of aromatic nitrogens is 3. The third-order valence-electron chi connectivity index (χ3n) is 7.23. The van der Waals surface area contributed by atoms with Gasteiger partial charge in [-0.05, 0) is 49.8 Å². The van der Waals surface area contributed by atoms with Gasteiger partial charge < -0.3 is 15.1 Å². The zero-order valence-corrected chi connectivity index (χ0v) is 19.5. The van der Waals surface area contributed by atoms with Crippen LogP contribution in [-0.2, 0) is 20.9 Å². The fourth-order valence-corrected chi connectivity index (χ4v) is 5.13. The number of amides is 5. The molecule has 2 N–H and O–H groups in total. The van der Waals surface area contributed by atoms with Crippen molar-refractivity contribution in [3.8, 4) is 5.69 Å². The second kappa shape index (κ2) is 8.54. The number of carbonyl (C=O) groups excluding carboxylic acids is 5. The van der Waals surface area contributed by atoms with Gasteiger partial charge in [-0.3, -0.25) is 29.3 Å². The molecule has 5 amide bonds. The molecule has 0 spiro atoms. The Kier molecular flexibility index (Phi) is 5.31. The van der Waals surface area contributed by atoms with Crippen molar-refractivity contribution in [1.29, 1.82) is 0 Å². The fourth-order valence-electron chi connectivity index (χ4n) is 5.13. The van der Waals surface area contributed by atoms with Crippen molar-refractivity contribution in [3.63, 3.8) is 0 Å². The van der Waals surface area contributed by atoms with Crippen molar-refractivity contribution in [3.05, 3.63) is 41.2 Å². The summed E-state index contributed by atoms with van der Waals surface area (Å²) in [4.78, 5) is 65.5. The van der Waals surface area contributed by atoms with Crippen molar-refractivity contribution in [2.75, 3.05) is 6.54 Å². The third-order valence-corrected chi connectivity index (χ3v) is 7.23. The second-order valence-electron chi connectivity index (χ2n) is 9.73. The summed E-state index contributed by atoms with van der Waals surface area (Å²) in [5.41, 5.74) is 1.88. The van der Waals surface area contributed by atoms with Crippen molar-refractivity contribution >= 4 is 29.5 Å². The number of carbonyl (C=O) groups is 5. The van der Waals surface area contributed by atoms with Crippen LogP contribution in [0, 0.1) is 0 Å². The highest BCUT2D eigenvalue weighted by Crippen LogP contribution is 2.29. The number of fused-ring (bicyclic) bond motifs is 1. The molecule has 2 atom stereocenters. The number of nitrogens with zero attached hydrogens (tertiary/aromatic N) is 5. The van der Waals surface area contributed by atoms with Gasteiger partial charge in [-0.15, -0.1) is 5.10 Å². The minimum atomic E-state index is -0.688. The van der Waals surface area contributed by atoms with E-state index in [-0.39, 0.29) is 48.3 Å². The summed E-state index contributed by atoms with van der Waals surface area (Å²) < 4.78 is 1.42. The fraction of sp³-hybridized carbons (Fsp3) is 0.458. The molecule has 1 aromatic carbocycles. The number of likely N-dealkylation sites (tertiary alicyclic amines) is 1. The molecule has 1 aliphatic carbocycles. The molecular formula is C24H25N7O5. The Bertz CT molecular complexity index is 1300. The molecule has 12 heteroatoms. The molecule has 3 fully saturated rings. The van der Waals surface area contributed by atoms with Crippen molar-refractivity contribution in [2.24, 2.45) is 0 Å². The average Bonchev–Trinajstić information content (AvgIpc) is 3.26. The summed E-state index contributed by atoms with van der Waals surface area (Å²) in [6, 6.07) is 4.26. The molecule has 4 aliphatic rings. The molecule has 2 aromatic rings. The predicted molar refractivity (Wildman–Crippen MR) is 123 cm³/mol. The van der Waals surface area contributed by atoms with Gasteiger partial charge >= 0.3 is 0 Å². The van der Waals surface area contributed by atoms with Crippen LogP contribution in [0.1, 0.15) is 64.9 Å². The molecule has 4 heterocycles. The number of hydrogen-bond donors (Lipinski definition) is 2. The average molecular weight is 492 g/mol. The van der Waals surface area contributed by atoms with Crippen molar-refractivity contribution in [2.45, 2.75) is 63.2 Å². The number of nitrogens with one attached hydrogen (secondary N) is 2. The molecule has 6 rings (SSSR count). The van der Waals surface area contributed by atoms with Gasteiger partial charge in [-0.25, -0.2) is 4.68 Å². The van der Waals surface area contributed by atoms with E-state index in [2.05, 4.69) is 20.9 Å². The summed E-state index contributed by atoms with van der Waals surface area (Å²) in [5.74, 6) is -1.55. The quantitative estimate of drug-likeness (QED) is 0.556. The normalized spacial score (nSPS) is 23.6. The SMILES string of the molecule is O=C1CCC(N2Cc3ccc(-n4cc(C(=O)N5CCCC5C(=O)NC5CC5)nn4)cc3C2=O)C(=O)N1. The van der Waals surface area contributed by atoms with Gasteiger partial charge in [0, 0.05) is 31.1 Å². The Labute approximate surface area is 206 Å². The summed E-state index contributed by atoms with van der Waals surface area (Å²) in [6.45, 7) is 0.763. The zero-order valence-electron chi connectivity index (χ0n) is 19.5. The Morgan fingerprint density at radius 3 is 2.69 bits per heavy atom. The van der Waals surface area contributed by atoms with Gasteiger partial charge in [0.15, 0.2) is 5.69 Å². The molecule has 0 radical (unpaired) electrons. The van der Waals surface area contributed by atoms with Crippen molar-refractivity contribution in [1.82, 2.24) is 35.4 Å². The van der Waals surface area contributed by atoms with Crippen molar-refractivity contribution < 1.29 is 24.0 Å². The summed E-state index contributed by atoms with van der Waals surface area (Å²) >= 11 is 0. The Morgan fingerprint density at radius 1 is 1.08 bits per heavy atom. The van der Waals surface area contributed by atoms with Gasteiger partial charge in [0.2, 0.25) is 17.7 Å². The topological polar surface area (TPSA) is 147 Å². The lowest BCUT2D eigenvalue weighted by Crippen LogP contribution is -2.52. The molecule has 3 aliphatic heterocycles. The van der Waals surface area contributed by atoms with Gasteiger partial charge in [-0.2, -0.15) is 0 Å². The monoisotopic (exact) mass is 491 g/mol. The number of rotatable bonds is 5. The molecule has 0 bridgehead atoms.